The molecule has 0 bridgehead atoms. The van der Waals surface area contributed by atoms with Crippen LogP contribution in [0.4, 0.5) is 0 Å². The highest BCUT2D eigenvalue weighted by atomic mass is 32.2. The molecule has 0 aromatic heterocycles. The SMILES string of the molecule is N/C(=N\S(=O)(=O)c1ccccc1)NC(=O)c1ccccc1. The van der Waals surface area contributed by atoms with E-state index in [0.717, 1.165) is 0 Å². The van der Waals surface area contributed by atoms with E-state index in [-0.39, 0.29) is 4.90 Å². The molecule has 0 unspecified atom stereocenters. The first-order valence-electron chi connectivity index (χ1n) is 6.01. The van der Waals surface area contributed by atoms with Crippen molar-refractivity contribution in [2.45, 2.75) is 4.90 Å². The molecule has 0 atom stereocenters. The maximum Gasteiger partial charge on any atom is 0.285 e. The van der Waals surface area contributed by atoms with Gasteiger partial charge in [-0.1, -0.05) is 36.4 Å². The largest absolute Gasteiger partial charge is 0.369 e. The van der Waals surface area contributed by atoms with E-state index in [9.17, 15) is 13.2 Å². The second-order valence-corrected chi connectivity index (χ2v) is 5.69. The smallest absolute Gasteiger partial charge is 0.285 e. The molecule has 21 heavy (non-hydrogen) atoms. The lowest BCUT2D eigenvalue weighted by molar-refractivity contribution is 0.0977. The molecule has 108 valence electrons. The molecule has 2 rings (SSSR count). The summed E-state index contributed by atoms with van der Waals surface area (Å²) >= 11 is 0. The number of rotatable bonds is 3. The van der Waals surface area contributed by atoms with Crippen LogP contribution in [-0.4, -0.2) is 20.3 Å². The van der Waals surface area contributed by atoms with Gasteiger partial charge in [0.2, 0.25) is 5.96 Å². The summed E-state index contributed by atoms with van der Waals surface area (Å²) in [6, 6.07) is 15.9. The number of guanidine groups is 1. The lowest BCUT2D eigenvalue weighted by Crippen LogP contribution is -2.37. The molecule has 1 amide bonds. The Hall–Kier alpha value is -2.67. The van der Waals surface area contributed by atoms with E-state index in [0.29, 0.717) is 5.56 Å². The predicted octanol–water partition coefficient (Wildman–Crippen LogP) is 1.12. The van der Waals surface area contributed by atoms with Crippen molar-refractivity contribution in [2.75, 3.05) is 0 Å². The van der Waals surface area contributed by atoms with Crippen LogP contribution in [0.25, 0.3) is 0 Å². The number of hydrogen-bond donors (Lipinski definition) is 2. The van der Waals surface area contributed by atoms with Gasteiger partial charge in [-0.05, 0) is 24.3 Å². The standard InChI is InChI=1S/C14H13N3O3S/c15-14(16-13(18)11-7-3-1-4-8-11)17-21(19,20)12-9-5-2-6-10-12/h1-10H,(H3,15,16,17,18). The molecule has 0 saturated carbocycles. The number of nitrogens with zero attached hydrogens (tertiary/aromatic N) is 1. The minimum absolute atomic E-state index is 0.00177. The third kappa shape index (κ3) is 3.90. The average Bonchev–Trinajstić information content (AvgIpc) is 2.48. The topological polar surface area (TPSA) is 102 Å². The summed E-state index contributed by atoms with van der Waals surface area (Å²) in [6.07, 6.45) is 0. The van der Waals surface area contributed by atoms with Crippen LogP contribution in [0.3, 0.4) is 0 Å². The van der Waals surface area contributed by atoms with Crippen molar-refractivity contribution in [1.82, 2.24) is 5.32 Å². The maximum absolute atomic E-state index is 11.9. The monoisotopic (exact) mass is 303 g/mol. The second-order valence-electron chi connectivity index (χ2n) is 4.08. The van der Waals surface area contributed by atoms with Gasteiger partial charge in [0, 0.05) is 5.56 Å². The van der Waals surface area contributed by atoms with E-state index in [1.807, 2.05) is 0 Å². The van der Waals surface area contributed by atoms with Gasteiger partial charge in [-0.2, -0.15) is 8.42 Å². The summed E-state index contributed by atoms with van der Waals surface area (Å²) in [5, 5.41) is 2.23. The van der Waals surface area contributed by atoms with Crippen LogP contribution in [0.1, 0.15) is 10.4 Å². The van der Waals surface area contributed by atoms with E-state index < -0.39 is 21.9 Å². The lowest BCUT2D eigenvalue weighted by Gasteiger charge is -2.04. The van der Waals surface area contributed by atoms with Crippen LogP contribution in [0.2, 0.25) is 0 Å². The Kier molecular flexibility index (Phi) is 4.34. The van der Waals surface area contributed by atoms with Crippen molar-refractivity contribution in [3.63, 3.8) is 0 Å². The van der Waals surface area contributed by atoms with Crippen LogP contribution >= 0.6 is 0 Å². The Morgan fingerprint density at radius 2 is 1.48 bits per heavy atom. The first kappa shape index (κ1) is 14.7. The van der Waals surface area contributed by atoms with Crippen molar-refractivity contribution < 1.29 is 13.2 Å². The van der Waals surface area contributed by atoms with Gasteiger partial charge in [0.15, 0.2) is 0 Å². The minimum atomic E-state index is -3.94. The van der Waals surface area contributed by atoms with E-state index in [1.165, 1.54) is 12.1 Å². The van der Waals surface area contributed by atoms with Crippen molar-refractivity contribution in [3.8, 4) is 0 Å². The molecule has 7 heteroatoms. The molecule has 0 fully saturated rings. The zero-order valence-electron chi connectivity index (χ0n) is 10.9. The Morgan fingerprint density at radius 1 is 0.952 bits per heavy atom. The molecule has 0 heterocycles. The Morgan fingerprint density at radius 3 is 2.05 bits per heavy atom. The minimum Gasteiger partial charge on any atom is -0.369 e. The van der Waals surface area contributed by atoms with Crippen LogP contribution < -0.4 is 11.1 Å². The van der Waals surface area contributed by atoms with E-state index in [1.54, 1.807) is 48.5 Å². The summed E-state index contributed by atoms with van der Waals surface area (Å²) in [5.74, 6) is -1.01. The van der Waals surface area contributed by atoms with E-state index in [4.69, 9.17) is 5.73 Å². The number of hydrogen-bond acceptors (Lipinski definition) is 3. The Bertz CT molecular complexity index is 757. The fourth-order valence-electron chi connectivity index (χ4n) is 1.58. The number of amides is 1. The molecule has 2 aromatic rings. The van der Waals surface area contributed by atoms with Gasteiger partial charge in [-0.25, -0.2) is 0 Å². The van der Waals surface area contributed by atoms with Gasteiger partial charge < -0.3 is 5.73 Å². The third-order valence-electron chi connectivity index (χ3n) is 2.54. The van der Waals surface area contributed by atoms with Gasteiger partial charge in [-0.15, -0.1) is 4.40 Å². The molecule has 0 aliphatic rings. The number of sulfonamides is 1. The molecule has 0 spiro atoms. The molecule has 2 aromatic carbocycles. The van der Waals surface area contributed by atoms with Gasteiger partial charge >= 0.3 is 0 Å². The molecule has 0 aliphatic heterocycles. The van der Waals surface area contributed by atoms with Crippen molar-refractivity contribution in [2.24, 2.45) is 10.1 Å². The molecule has 3 N–H and O–H groups in total. The number of nitrogens with two attached hydrogens (primary N) is 1. The summed E-state index contributed by atoms with van der Waals surface area (Å²) in [4.78, 5) is 11.8. The highest BCUT2D eigenvalue weighted by Gasteiger charge is 2.14. The first-order valence-corrected chi connectivity index (χ1v) is 7.45. The number of nitrogens with one attached hydrogen (secondary N) is 1. The molecular formula is C14H13N3O3S. The van der Waals surface area contributed by atoms with Gasteiger partial charge in [-0.3, -0.25) is 10.1 Å². The highest BCUT2D eigenvalue weighted by Crippen LogP contribution is 2.10. The van der Waals surface area contributed by atoms with Crippen molar-refractivity contribution in [1.29, 1.82) is 0 Å². The lowest BCUT2D eigenvalue weighted by atomic mass is 10.2. The summed E-state index contributed by atoms with van der Waals surface area (Å²) in [7, 11) is -3.94. The number of benzene rings is 2. The quantitative estimate of drug-likeness (QED) is 0.655. The third-order valence-corrected chi connectivity index (χ3v) is 3.84. The summed E-state index contributed by atoms with van der Waals surface area (Å²) in [6.45, 7) is 0. The molecular weight excluding hydrogens is 290 g/mol. The van der Waals surface area contributed by atoms with Gasteiger partial charge in [0.1, 0.15) is 0 Å². The summed E-state index contributed by atoms with van der Waals surface area (Å²) in [5.41, 5.74) is 5.83. The van der Waals surface area contributed by atoms with Crippen molar-refractivity contribution in [3.05, 3.63) is 66.2 Å². The zero-order chi connectivity index (χ0) is 15.3. The maximum atomic E-state index is 11.9. The van der Waals surface area contributed by atoms with Crippen LogP contribution in [0.15, 0.2) is 70.0 Å². The summed E-state index contributed by atoms with van der Waals surface area (Å²) < 4.78 is 27.3. The predicted molar refractivity (Wildman–Crippen MR) is 79.2 cm³/mol. The van der Waals surface area contributed by atoms with E-state index >= 15 is 0 Å². The average molecular weight is 303 g/mol. The normalized spacial score (nSPS) is 11.9. The van der Waals surface area contributed by atoms with Gasteiger partial charge in [0.05, 0.1) is 4.90 Å². The number of carbonyl (C=O) groups excluding carboxylic acids is 1. The molecule has 0 aliphatic carbocycles. The fraction of sp³-hybridized carbons (Fsp3) is 0. The van der Waals surface area contributed by atoms with Crippen LogP contribution in [0.5, 0.6) is 0 Å². The molecule has 6 nitrogen and oxygen atoms in total. The second kappa shape index (κ2) is 6.19. The van der Waals surface area contributed by atoms with E-state index in [2.05, 4.69) is 9.71 Å². The van der Waals surface area contributed by atoms with Crippen molar-refractivity contribution >= 4 is 21.9 Å². The Balaban J connectivity index is 2.17. The van der Waals surface area contributed by atoms with Crippen LogP contribution in [0, 0.1) is 0 Å². The number of carbonyl (C=O) groups is 1. The molecule has 0 radical (unpaired) electrons. The zero-order valence-corrected chi connectivity index (χ0v) is 11.7. The first-order chi connectivity index (χ1) is 9.99. The Labute approximate surface area is 122 Å². The fourth-order valence-corrected chi connectivity index (χ4v) is 2.49. The van der Waals surface area contributed by atoms with Crippen LogP contribution in [-0.2, 0) is 10.0 Å². The highest BCUT2D eigenvalue weighted by molar-refractivity contribution is 7.90. The van der Waals surface area contributed by atoms with Gasteiger partial charge in [0.25, 0.3) is 15.9 Å². The molecule has 0 saturated heterocycles.